The summed E-state index contributed by atoms with van der Waals surface area (Å²) in [6.07, 6.45) is 1.52. The third-order valence-corrected chi connectivity index (χ3v) is 6.43. The summed E-state index contributed by atoms with van der Waals surface area (Å²) < 4.78 is 10.5. The van der Waals surface area contributed by atoms with Gasteiger partial charge in [0.15, 0.2) is 0 Å². The molecule has 0 spiro atoms. The average Bonchev–Trinajstić information content (AvgIpc) is 3.29. The van der Waals surface area contributed by atoms with Crippen LogP contribution in [0.1, 0.15) is 37.7 Å². The third-order valence-electron chi connectivity index (χ3n) is 6.43. The summed E-state index contributed by atoms with van der Waals surface area (Å²) in [5.74, 6) is 0.0618. The summed E-state index contributed by atoms with van der Waals surface area (Å²) in [6.45, 7) is 4.04. The second-order valence-electron chi connectivity index (χ2n) is 9.02. The number of nitrogens with one attached hydrogen (secondary N) is 2. The number of aryl methyl sites for hydroxylation is 2. The largest absolute Gasteiger partial charge is 0.497 e. The normalized spacial score (nSPS) is 10.8. The number of fused-ring (bicyclic) bond motifs is 1. The fraction of sp³-hybridized carbons (Fsp3) is 0.133. The van der Waals surface area contributed by atoms with Crippen molar-refractivity contribution in [3.8, 4) is 16.9 Å². The maximum Gasteiger partial charge on any atom is 0.335 e. The number of methoxy groups -OCH3 is 1. The van der Waals surface area contributed by atoms with E-state index in [4.69, 9.17) is 9.26 Å². The summed E-state index contributed by atoms with van der Waals surface area (Å²) in [6, 6.07) is 19.6. The molecule has 3 aromatic carbocycles. The minimum absolute atomic E-state index is 0.129. The third kappa shape index (κ3) is 5.28. The van der Waals surface area contributed by atoms with E-state index in [-0.39, 0.29) is 11.5 Å². The van der Waals surface area contributed by atoms with Crippen LogP contribution in [0.4, 0.5) is 11.4 Å². The molecule has 0 aliphatic rings. The highest BCUT2D eigenvalue weighted by molar-refractivity contribution is 6.08. The molecule has 39 heavy (non-hydrogen) atoms. The number of ether oxygens (including phenoxy) is 1. The van der Waals surface area contributed by atoms with Gasteiger partial charge in [-0.2, -0.15) is 0 Å². The first-order valence-corrected chi connectivity index (χ1v) is 12.2. The van der Waals surface area contributed by atoms with Gasteiger partial charge in [0.25, 0.3) is 5.91 Å². The number of amides is 1. The number of benzene rings is 3. The Labute approximate surface area is 224 Å². The van der Waals surface area contributed by atoms with Crippen LogP contribution in [0.2, 0.25) is 0 Å². The second-order valence-corrected chi connectivity index (χ2v) is 9.02. The van der Waals surface area contributed by atoms with Gasteiger partial charge < -0.3 is 25.0 Å². The lowest BCUT2D eigenvalue weighted by Crippen LogP contribution is -2.24. The van der Waals surface area contributed by atoms with E-state index in [1.54, 1.807) is 19.2 Å². The molecule has 5 rings (SSSR count). The lowest BCUT2D eigenvalue weighted by Gasteiger charge is -2.16. The molecule has 0 bridgehead atoms. The van der Waals surface area contributed by atoms with E-state index >= 15 is 0 Å². The highest BCUT2D eigenvalue weighted by Crippen LogP contribution is 2.34. The summed E-state index contributed by atoms with van der Waals surface area (Å²) >= 11 is 0. The zero-order valence-corrected chi connectivity index (χ0v) is 21.6. The van der Waals surface area contributed by atoms with Crippen LogP contribution in [0.25, 0.3) is 22.0 Å². The van der Waals surface area contributed by atoms with E-state index in [2.05, 4.69) is 20.8 Å². The molecule has 0 aliphatic heterocycles. The van der Waals surface area contributed by atoms with Crippen LogP contribution >= 0.6 is 0 Å². The molecular formula is C30H26N4O5. The lowest BCUT2D eigenvalue weighted by atomic mass is 10.0. The first kappa shape index (κ1) is 25.5. The van der Waals surface area contributed by atoms with Crippen molar-refractivity contribution in [1.29, 1.82) is 0 Å². The molecule has 2 heterocycles. The van der Waals surface area contributed by atoms with E-state index in [1.165, 1.54) is 18.3 Å². The number of rotatable bonds is 8. The van der Waals surface area contributed by atoms with E-state index in [0.717, 1.165) is 28.1 Å². The van der Waals surface area contributed by atoms with E-state index in [9.17, 15) is 14.7 Å². The maximum absolute atomic E-state index is 13.4. The van der Waals surface area contributed by atoms with Gasteiger partial charge in [0.2, 0.25) is 0 Å². The van der Waals surface area contributed by atoms with Gasteiger partial charge >= 0.3 is 5.97 Å². The Morgan fingerprint density at radius 2 is 1.82 bits per heavy atom. The molecule has 0 radical (unpaired) electrons. The molecule has 2 aromatic heterocycles. The molecule has 9 heteroatoms. The number of carboxylic acid groups (broad SMARTS) is 1. The van der Waals surface area contributed by atoms with Gasteiger partial charge in [0.1, 0.15) is 11.5 Å². The van der Waals surface area contributed by atoms with Crippen LogP contribution in [0.5, 0.6) is 5.75 Å². The van der Waals surface area contributed by atoms with Crippen LogP contribution < -0.4 is 15.4 Å². The molecular weight excluding hydrogens is 496 g/mol. The Bertz CT molecular complexity index is 1670. The zero-order chi connectivity index (χ0) is 27.5. The van der Waals surface area contributed by atoms with Crippen LogP contribution in [-0.4, -0.2) is 34.2 Å². The van der Waals surface area contributed by atoms with Crippen molar-refractivity contribution >= 4 is 34.2 Å². The van der Waals surface area contributed by atoms with Crippen molar-refractivity contribution in [3.63, 3.8) is 0 Å². The van der Waals surface area contributed by atoms with E-state index in [0.29, 0.717) is 40.1 Å². The van der Waals surface area contributed by atoms with Crippen molar-refractivity contribution in [2.45, 2.75) is 20.4 Å². The highest BCUT2D eigenvalue weighted by atomic mass is 16.5. The number of carbonyl (C=O) groups excluding carboxylic acids is 1. The fourth-order valence-corrected chi connectivity index (χ4v) is 4.45. The Kier molecular flexibility index (Phi) is 6.96. The van der Waals surface area contributed by atoms with Gasteiger partial charge in [0, 0.05) is 29.4 Å². The molecule has 0 saturated heterocycles. The molecule has 0 fully saturated rings. The van der Waals surface area contributed by atoms with Crippen molar-refractivity contribution in [1.82, 2.24) is 15.5 Å². The molecule has 3 N–H and O–H groups in total. The van der Waals surface area contributed by atoms with Crippen LogP contribution in [0.3, 0.4) is 0 Å². The molecule has 0 atom stereocenters. The van der Waals surface area contributed by atoms with Crippen molar-refractivity contribution in [3.05, 3.63) is 101 Å². The topological polar surface area (TPSA) is 127 Å². The predicted octanol–water partition coefficient (Wildman–Crippen LogP) is 5.89. The monoisotopic (exact) mass is 522 g/mol. The summed E-state index contributed by atoms with van der Waals surface area (Å²) in [7, 11) is 1.60. The van der Waals surface area contributed by atoms with Crippen molar-refractivity contribution < 1.29 is 24.0 Å². The molecule has 1 amide bonds. The highest BCUT2D eigenvalue weighted by Gasteiger charge is 2.19. The molecule has 9 nitrogen and oxygen atoms in total. The molecule has 196 valence electrons. The zero-order valence-electron chi connectivity index (χ0n) is 21.6. The standard InChI is InChI=1S/C30H26N4O5/c1-17-27(18(2)39-34-17)20-9-12-24-26(14-20)31-16-25(28(24)33-22-6-4-5-21(13-22)30(36)37)29(35)32-15-19-7-10-23(38-3)11-8-19/h4-14,16H,15H2,1-3H3,(H,31,33)(H,32,35)(H,36,37). The maximum atomic E-state index is 13.4. The van der Waals surface area contributed by atoms with Gasteiger partial charge in [-0.3, -0.25) is 9.78 Å². The summed E-state index contributed by atoms with van der Waals surface area (Å²) in [5, 5.41) is 20.4. The second kappa shape index (κ2) is 10.7. The quantitative estimate of drug-likeness (QED) is 0.230. The number of hydrogen-bond acceptors (Lipinski definition) is 7. The Morgan fingerprint density at radius 3 is 2.51 bits per heavy atom. The summed E-state index contributed by atoms with van der Waals surface area (Å²) in [5.41, 5.74) is 5.60. The van der Waals surface area contributed by atoms with Crippen LogP contribution in [0.15, 0.2) is 77.4 Å². The van der Waals surface area contributed by atoms with Crippen molar-refractivity contribution in [2.24, 2.45) is 0 Å². The van der Waals surface area contributed by atoms with Crippen LogP contribution in [-0.2, 0) is 6.54 Å². The molecule has 0 unspecified atom stereocenters. The average molecular weight is 523 g/mol. The van der Waals surface area contributed by atoms with Crippen LogP contribution in [0, 0.1) is 13.8 Å². The number of aromatic nitrogens is 2. The summed E-state index contributed by atoms with van der Waals surface area (Å²) in [4.78, 5) is 29.5. The molecule has 0 aliphatic carbocycles. The molecule has 0 saturated carbocycles. The van der Waals surface area contributed by atoms with Gasteiger partial charge in [0.05, 0.1) is 35.1 Å². The SMILES string of the molecule is COc1ccc(CNC(=O)c2cnc3cc(-c4c(C)noc4C)ccc3c2Nc2cccc(C(=O)O)c2)cc1. The number of carboxylic acids is 1. The molecule has 5 aromatic rings. The number of anilines is 2. The smallest absolute Gasteiger partial charge is 0.335 e. The first-order valence-electron chi connectivity index (χ1n) is 12.2. The van der Waals surface area contributed by atoms with E-state index in [1.807, 2.05) is 56.3 Å². The minimum Gasteiger partial charge on any atom is -0.497 e. The number of nitrogens with zero attached hydrogens (tertiary/aromatic N) is 2. The predicted molar refractivity (Wildman–Crippen MR) is 148 cm³/mol. The number of pyridine rings is 1. The van der Waals surface area contributed by atoms with Crippen molar-refractivity contribution in [2.75, 3.05) is 12.4 Å². The Morgan fingerprint density at radius 1 is 1.03 bits per heavy atom. The minimum atomic E-state index is -1.04. The van der Waals surface area contributed by atoms with Gasteiger partial charge in [-0.1, -0.05) is 35.5 Å². The van der Waals surface area contributed by atoms with Gasteiger partial charge in [-0.05, 0) is 61.4 Å². The number of aromatic carboxylic acids is 1. The van der Waals surface area contributed by atoms with E-state index < -0.39 is 5.97 Å². The Balaban J connectivity index is 1.54. The van der Waals surface area contributed by atoms with Gasteiger partial charge in [-0.15, -0.1) is 0 Å². The number of carbonyl (C=O) groups is 2. The fourth-order valence-electron chi connectivity index (χ4n) is 4.45. The lowest BCUT2D eigenvalue weighted by molar-refractivity contribution is 0.0696. The van der Waals surface area contributed by atoms with Gasteiger partial charge in [-0.25, -0.2) is 4.79 Å². The first-order chi connectivity index (χ1) is 18.8. The number of hydrogen-bond donors (Lipinski definition) is 3. The Hall–Kier alpha value is -5.18.